The van der Waals surface area contributed by atoms with Gasteiger partial charge in [0, 0.05) is 20.5 Å². The molecule has 0 aromatic carbocycles. The summed E-state index contributed by atoms with van der Waals surface area (Å²) in [6.45, 7) is 0. The molecule has 0 aliphatic carbocycles. The van der Waals surface area contributed by atoms with Crippen molar-refractivity contribution >= 4 is 16.3 Å². The topological polar surface area (TPSA) is 54.5 Å². The highest BCUT2D eigenvalue weighted by molar-refractivity contribution is 7.89. The van der Waals surface area contributed by atoms with Gasteiger partial charge >= 0.3 is 0 Å². The quantitative estimate of drug-likeness (QED) is 0.436. The summed E-state index contributed by atoms with van der Waals surface area (Å²) in [5.74, 6) is 0.0543. The largest absolute Gasteiger partial charge is 0.303 e. The van der Waals surface area contributed by atoms with Crippen molar-refractivity contribution in [2.75, 3.05) is 19.8 Å². The molecule has 0 amide bonds. The van der Waals surface area contributed by atoms with Crippen molar-refractivity contribution in [2.24, 2.45) is 0 Å². The van der Waals surface area contributed by atoms with Crippen LogP contribution in [0.5, 0.6) is 0 Å². The number of hydrogen-bond donors (Lipinski definition) is 0. The summed E-state index contributed by atoms with van der Waals surface area (Å²) in [6, 6.07) is 0. The monoisotopic (exact) mass is 179 g/mol. The fourth-order valence-electron chi connectivity index (χ4n) is 0.532. The molecule has 0 aliphatic rings. The van der Waals surface area contributed by atoms with Gasteiger partial charge in [-0.05, 0) is 6.42 Å². The van der Waals surface area contributed by atoms with Crippen molar-refractivity contribution in [3.8, 4) is 0 Å². The van der Waals surface area contributed by atoms with Crippen LogP contribution in [0.3, 0.4) is 0 Å². The summed E-state index contributed by atoms with van der Waals surface area (Å²) >= 11 is 0. The molecule has 0 spiro atoms. The fourth-order valence-corrected chi connectivity index (χ4v) is 1.43. The molecule has 4 nitrogen and oxygen atoms in total. The number of nitrogens with zero attached hydrogens (tertiary/aromatic N) is 1. The lowest BCUT2D eigenvalue weighted by Gasteiger charge is -2.09. The van der Waals surface area contributed by atoms with Gasteiger partial charge < -0.3 is 4.79 Å². The van der Waals surface area contributed by atoms with Gasteiger partial charge in [0.1, 0.15) is 6.29 Å². The van der Waals surface area contributed by atoms with Gasteiger partial charge in [-0.1, -0.05) is 0 Å². The minimum Gasteiger partial charge on any atom is -0.303 e. The Balaban J connectivity index is 3.84. The first-order chi connectivity index (χ1) is 5.00. The van der Waals surface area contributed by atoms with Crippen LogP contribution in [0.15, 0.2) is 0 Å². The Morgan fingerprint density at radius 3 is 2.27 bits per heavy atom. The van der Waals surface area contributed by atoms with E-state index in [9.17, 15) is 13.2 Å². The lowest BCUT2D eigenvalue weighted by molar-refractivity contribution is -0.107. The lowest BCUT2D eigenvalue weighted by atomic mass is 10.4. The zero-order chi connectivity index (χ0) is 8.91. The van der Waals surface area contributed by atoms with Gasteiger partial charge in [-0.2, -0.15) is 0 Å². The first-order valence-electron chi connectivity index (χ1n) is 3.34. The predicted octanol–water partition coefficient (Wildman–Crippen LogP) is -0.143. The standard InChI is InChI=1S/C6H13NO3S/c1-7(2)11(9,10)6-4-3-5-8/h5H,3-4,6H2,1-2H3. The van der Waals surface area contributed by atoms with Gasteiger partial charge in [-0.15, -0.1) is 0 Å². The van der Waals surface area contributed by atoms with Gasteiger partial charge in [-0.25, -0.2) is 12.7 Å². The molecule has 0 unspecified atom stereocenters. The normalized spacial score (nSPS) is 11.9. The van der Waals surface area contributed by atoms with Gasteiger partial charge in [0.15, 0.2) is 0 Å². The molecule has 0 aromatic rings. The van der Waals surface area contributed by atoms with E-state index in [4.69, 9.17) is 0 Å². The van der Waals surface area contributed by atoms with Crippen LogP contribution < -0.4 is 0 Å². The maximum atomic E-state index is 11.0. The number of rotatable bonds is 5. The van der Waals surface area contributed by atoms with Crippen LogP contribution in [0.4, 0.5) is 0 Å². The smallest absolute Gasteiger partial charge is 0.213 e. The van der Waals surface area contributed by atoms with Crippen LogP contribution in [0.2, 0.25) is 0 Å². The van der Waals surface area contributed by atoms with Crippen molar-refractivity contribution in [1.29, 1.82) is 0 Å². The summed E-state index contributed by atoms with van der Waals surface area (Å²) in [5.41, 5.74) is 0. The van der Waals surface area contributed by atoms with Crippen molar-refractivity contribution in [1.82, 2.24) is 4.31 Å². The first-order valence-corrected chi connectivity index (χ1v) is 4.95. The molecule has 0 aliphatic heterocycles. The highest BCUT2D eigenvalue weighted by Crippen LogP contribution is 1.97. The van der Waals surface area contributed by atoms with Crippen LogP contribution >= 0.6 is 0 Å². The van der Waals surface area contributed by atoms with E-state index >= 15 is 0 Å². The number of hydrogen-bond acceptors (Lipinski definition) is 3. The summed E-state index contributed by atoms with van der Waals surface area (Å²) in [4.78, 5) is 9.85. The third-order valence-corrected chi connectivity index (χ3v) is 3.20. The second-order valence-electron chi connectivity index (χ2n) is 2.41. The molecule has 11 heavy (non-hydrogen) atoms. The van der Waals surface area contributed by atoms with Crippen molar-refractivity contribution in [3.63, 3.8) is 0 Å². The minimum absolute atomic E-state index is 0.0543. The molecule has 0 atom stereocenters. The summed E-state index contributed by atoms with van der Waals surface area (Å²) in [6.07, 6.45) is 1.45. The van der Waals surface area contributed by atoms with E-state index in [1.54, 1.807) is 0 Å². The van der Waals surface area contributed by atoms with E-state index in [0.29, 0.717) is 12.8 Å². The number of aldehydes is 1. The highest BCUT2D eigenvalue weighted by atomic mass is 32.2. The fraction of sp³-hybridized carbons (Fsp3) is 0.833. The molecule has 0 N–H and O–H groups in total. The molecular formula is C6H13NO3S. The predicted molar refractivity (Wildman–Crippen MR) is 42.8 cm³/mol. The number of unbranched alkanes of at least 4 members (excludes halogenated alkanes) is 1. The summed E-state index contributed by atoms with van der Waals surface area (Å²) in [5, 5.41) is 0. The van der Waals surface area contributed by atoms with Crippen molar-refractivity contribution in [2.45, 2.75) is 12.8 Å². The molecule has 0 bridgehead atoms. The van der Waals surface area contributed by atoms with Gasteiger partial charge in [0.2, 0.25) is 10.0 Å². The van der Waals surface area contributed by atoms with Crippen molar-refractivity contribution in [3.05, 3.63) is 0 Å². The summed E-state index contributed by atoms with van der Waals surface area (Å²) in [7, 11) is -0.131. The minimum atomic E-state index is -3.10. The Kier molecular flexibility index (Phi) is 4.29. The van der Waals surface area contributed by atoms with Crippen LogP contribution in [0.1, 0.15) is 12.8 Å². The van der Waals surface area contributed by atoms with E-state index < -0.39 is 10.0 Å². The Hall–Kier alpha value is -0.420. The Bertz CT molecular complexity index is 208. The highest BCUT2D eigenvalue weighted by Gasteiger charge is 2.11. The average molecular weight is 179 g/mol. The van der Waals surface area contributed by atoms with E-state index in [0.717, 1.165) is 10.6 Å². The molecule has 0 heterocycles. The van der Waals surface area contributed by atoms with Gasteiger partial charge in [-0.3, -0.25) is 0 Å². The SMILES string of the molecule is CN(C)S(=O)(=O)CCCC=O. The average Bonchev–Trinajstić information content (AvgIpc) is 1.88. The maximum Gasteiger partial charge on any atom is 0.213 e. The van der Waals surface area contributed by atoms with Crippen molar-refractivity contribution < 1.29 is 13.2 Å². The van der Waals surface area contributed by atoms with Gasteiger partial charge in [0.05, 0.1) is 5.75 Å². The molecule has 0 saturated heterocycles. The zero-order valence-corrected chi connectivity index (χ0v) is 7.60. The second-order valence-corrected chi connectivity index (χ2v) is 4.71. The molecule has 0 fully saturated rings. The first kappa shape index (κ1) is 10.6. The molecule has 5 heteroatoms. The van der Waals surface area contributed by atoms with E-state index in [-0.39, 0.29) is 5.75 Å². The van der Waals surface area contributed by atoms with E-state index in [1.807, 2.05) is 0 Å². The van der Waals surface area contributed by atoms with E-state index in [1.165, 1.54) is 14.1 Å². The zero-order valence-electron chi connectivity index (χ0n) is 6.78. The molecule has 66 valence electrons. The molecule has 0 rings (SSSR count). The second kappa shape index (κ2) is 4.46. The number of carbonyl (C=O) groups is 1. The Morgan fingerprint density at radius 1 is 1.36 bits per heavy atom. The molecular weight excluding hydrogens is 166 g/mol. The van der Waals surface area contributed by atoms with Crippen LogP contribution in [-0.4, -0.2) is 38.9 Å². The number of carbonyl (C=O) groups excluding carboxylic acids is 1. The maximum absolute atomic E-state index is 11.0. The van der Waals surface area contributed by atoms with E-state index in [2.05, 4.69) is 0 Å². The Labute approximate surface area is 67.2 Å². The van der Waals surface area contributed by atoms with Crippen LogP contribution in [0, 0.1) is 0 Å². The summed E-state index contributed by atoms with van der Waals surface area (Å²) < 4.78 is 23.2. The third kappa shape index (κ3) is 4.10. The Morgan fingerprint density at radius 2 is 1.91 bits per heavy atom. The van der Waals surface area contributed by atoms with Crippen LogP contribution in [-0.2, 0) is 14.8 Å². The molecule has 0 aromatic heterocycles. The van der Waals surface area contributed by atoms with Gasteiger partial charge in [0.25, 0.3) is 0 Å². The number of sulfonamides is 1. The lowest BCUT2D eigenvalue weighted by Crippen LogP contribution is -2.25. The molecule has 0 radical (unpaired) electrons. The third-order valence-electron chi connectivity index (χ3n) is 1.28. The molecule has 0 saturated carbocycles. The van der Waals surface area contributed by atoms with Crippen LogP contribution in [0.25, 0.3) is 0 Å².